The Hall–Kier alpha value is -2.04. The van der Waals surface area contributed by atoms with E-state index >= 15 is 0 Å². The van der Waals surface area contributed by atoms with Crippen LogP contribution < -0.4 is 10.2 Å². The summed E-state index contributed by atoms with van der Waals surface area (Å²) >= 11 is 0. The van der Waals surface area contributed by atoms with E-state index in [1.165, 1.54) is 0 Å². The predicted octanol–water partition coefficient (Wildman–Crippen LogP) is 1.66. The lowest BCUT2D eigenvalue weighted by Crippen LogP contribution is -2.39. The molecule has 0 aromatic heterocycles. The van der Waals surface area contributed by atoms with Gasteiger partial charge in [0.15, 0.2) is 0 Å². The summed E-state index contributed by atoms with van der Waals surface area (Å²) in [5.41, 5.74) is 1.65. The van der Waals surface area contributed by atoms with E-state index in [-0.39, 0.29) is 11.3 Å². The van der Waals surface area contributed by atoms with Gasteiger partial charge in [-0.2, -0.15) is 0 Å². The highest BCUT2D eigenvalue weighted by Crippen LogP contribution is 2.34. The zero-order valence-electron chi connectivity index (χ0n) is 12.1. The lowest BCUT2D eigenvalue weighted by Gasteiger charge is -2.24. The van der Waals surface area contributed by atoms with E-state index in [0.717, 1.165) is 24.2 Å². The maximum absolute atomic E-state index is 11.9. The molecule has 1 saturated heterocycles. The van der Waals surface area contributed by atoms with Crippen molar-refractivity contribution in [3.8, 4) is 0 Å². The third-order valence-electron chi connectivity index (χ3n) is 4.05. The smallest absolute Gasteiger partial charge is 0.335 e. The summed E-state index contributed by atoms with van der Waals surface area (Å²) in [5, 5.41) is 11.8. The maximum Gasteiger partial charge on any atom is 0.335 e. The normalized spacial score (nSPS) is 21.9. The Balaban J connectivity index is 2.21. The quantitative estimate of drug-likeness (QED) is 0.881. The van der Waals surface area contributed by atoms with Gasteiger partial charge in [0.1, 0.15) is 0 Å². The van der Waals surface area contributed by atoms with Gasteiger partial charge in [-0.05, 0) is 44.0 Å². The van der Waals surface area contributed by atoms with Crippen molar-refractivity contribution in [2.45, 2.75) is 20.3 Å². The number of nitrogens with zero attached hydrogens (tertiary/aromatic N) is 1. The largest absolute Gasteiger partial charge is 0.478 e. The molecule has 0 bridgehead atoms. The SMILES string of the molecule is CNC(=O)C1(C)CCN(c2ccc(C(=O)O)c(C)c2)C1. The van der Waals surface area contributed by atoms with Crippen LogP contribution in [-0.2, 0) is 4.79 Å². The molecule has 0 spiro atoms. The van der Waals surface area contributed by atoms with Crippen molar-refractivity contribution in [2.75, 3.05) is 25.0 Å². The average molecular weight is 276 g/mol. The van der Waals surface area contributed by atoms with Crippen LogP contribution in [0.2, 0.25) is 0 Å². The molecular formula is C15H20N2O3. The monoisotopic (exact) mass is 276 g/mol. The summed E-state index contributed by atoms with van der Waals surface area (Å²) in [6, 6.07) is 5.31. The molecule has 5 heteroatoms. The summed E-state index contributed by atoms with van der Waals surface area (Å²) < 4.78 is 0. The minimum Gasteiger partial charge on any atom is -0.478 e. The molecule has 1 aliphatic rings. The fraction of sp³-hybridized carbons (Fsp3) is 0.467. The zero-order chi connectivity index (χ0) is 14.9. The number of benzene rings is 1. The number of carboxylic acid groups (broad SMARTS) is 1. The van der Waals surface area contributed by atoms with Crippen LogP contribution in [-0.4, -0.2) is 37.1 Å². The summed E-state index contributed by atoms with van der Waals surface area (Å²) in [6.07, 6.45) is 0.798. The number of carbonyl (C=O) groups is 2. The van der Waals surface area contributed by atoms with Gasteiger partial charge in [-0.3, -0.25) is 4.79 Å². The Bertz CT molecular complexity index is 556. The van der Waals surface area contributed by atoms with E-state index in [9.17, 15) is 9.59 Å². The minimum atomic E-state index is -0.911. The Kier molecular flexibility index (Phi) is 3.70. The molecule has 1 unspecified atom stereocenters. The molecule has 2 N–H and O–H groups in total. The van der Waals surface area contributed by atoms with Gasteiger partial charge < -0.3 is 15.3 Å². The lowest BCUT2D eigenvalue weighted by molar-refractivity contribution is -0.128. The number of nitrogens with one attached hydrogen (secondary N) is 1. The Labute approximate surface area is 118 Å². The van der Waals surface area contributed by atoms with Gasteiger partial charge >= 0.3 is 5.97 Å². The molecule has 0 radical (unpaired) electrons. The first-order chi connectivity index (χ1) is 9.37. The standard InChI is InChI=1S/C15H20N2O3/c1-10-8-11(4-5-12(10)13(18)19)17-7-6-15(2,9-17)14(20)16-3/h4-5,8H,6-7,9H2,1-3H3,(H,16,20)(H,18,19). The average Bonchev–Trinajstić information content (AvgIpc) is 2.81. The predicted molar refractivity (Wildman–Crippen MR) is 77.1 cm³/mol. The number of hydrogen-bond acceptors (Lipinski definition) is 3. The highest BCUT2D eigenvalue weighted by Gasteiger charge is 2.39. The van der Waals surface area contributed by atoms with E-state index in [1.807, 2.05) is 19.1 Å². The highest BCUT2D eigenvalue weighted by atomic mass is 16.4. The molecule has 1 atom stereocenters. The Morgan fingerprint density at radius 3 is 2.65 bits per heavy atom. The second kappa shape index (κ2) is 5.15. The van der Waals surface area contributed by atoms with Gasteiger partial charge in [-0.1, -0.05) is 0 Å². The number of rotatable bonds is 3. The van der Waals surface area contributed by atoms with Crippen LogP contribution >= 0.6 is 0 Å². The van der Waals surface area contributed by atoms with Crippen LogP contribution in [0.5, 0.6) is 0 Å². The van der Waals surface area contributed by atoms with Crippen LogP contribution in [0.15, 0.2) is 18.2 Å². The fourth-order valence-electron chi connectivity index (χ4n) is 2.75. The van der Waals surface area contributed by atoms with Gasteiger partial charge in [0.25, 0.3) is 0 Å². The van der Waals surface area contributed by atoms with Crippen molar-refractivity contribution >= 4 is 17.6 Å². The zero-order valence-corrected chi connectivity index (χ0v) is 12.1. The number of anilines is 1. The molecule has 0 aliphatic carbocycles. The minimum absolute atomic E-state index is 0.0545. The Morgan fingerprint density at radius 2 is 2.10 bits per heavy atom. The summed E-state index contributed by atoms with van der Waals surface area (Å²) in [7, 11) is 1.65. The van der Waals surface area contributed by atoms with Crippen molar-refractivity contribution in [2.24, 2.45) is 5.41 Å². The molecule has 1 aromatic carbocycles. The van der Waals surface area contributed by atoms with Gasteiger partial charge in [-0.25, -0.2) is 4.79 Å². The van der Waals surface area contributed by atoms with Crippen molar-refractivity contribution < 1.29 is 14.7 Å². The van der Waals surface area contributed by atoms with Crippen LogP contribution in [0, 0.1) is 12.3 Å². The van der Waals surface area contributed by atoms with Gasteiger partial charge in [0.2, 0.25) is 5.91 Å². The maximum atomic E-state index is 11.9. The van der Waals surface area contributed by atoms with Gasteiger partial charge in [-0.15, -0.1) is 0 Å². The summed E-state index contributed by atoms with van der Waals surface area (Å²) in [4.78, 5) is 25.1. The molecule has 1 heterocycles. The third-order valence-corrected chi connectivity index (χ3v) is 4.05. The first kappa shape index (κ1) is 14.4. The van der Waals surface area contributed by atoms with Crippen LogP contribution in [0.1, 0.15) is 29.3 Å². The molecule has 5 nitrogen and oxygen atoms in total. The molecule has 1 amide bonds. The highest BCUT2D eigenvalue weighted by molar-refractivity contribution is 5.90. The summed E-state index contributed by atoms with van der Waals surface area (Å²) in [5.74, 6) is -0.857. The van der Waals surface area contributed by atoms with E-state index in [1.54, 1.807) is 20.0 Å². The first-order valence-corrected chi connectivity index (χ1v) is 6.68. The van der Waals surface area contributed by atoms with E-state index < -0.39 is 5.97 Å². The molecule has 2 rings (SSSR count). The van der Waals surface area contributed by atoms with Crippen LogP contribution in [0.3, 0.4) is 0 Å². The van der Waals surface area contributed by atoms with Crippen LogP contribution in [0.4, 0.5) is 5.69 Å². The summed E-state index contributed by atoms with van der Waals surface area (Å²) in [6.45, 7) is 5.21. The first-order valence-electron chi connectivity index (χ1n) is 6.68. The van der Waals surface area contributed by atoms with Crippen molar-refractivity contribution in [1.82, 2.24) is 5.32 Å². The molecule has 0 saturated carbocycles. The molecule has 108 valence electrons. The van der Waals surface area contributed by atoms with E-state index in [4.69, 9.17) is 5.11 Å². The van der Waals surface area contributed by atoms with Crippen LogP contribution in [0.25, 0.3) is 0 Å². The molecule has 1 aliphatic heterocycles. The molecule has 1 fully saturated rings. The van der Waals surface area contributed by atoms with E-state index in [2.05, 4.69) is 10.2 Å². The second-order valence-corrected chi connectivity index (χ2v) is 5.62. The molecular weight excluding hydrogens is 256 g/mol. The topological polar surface area (TPSA) is 69.6 Å². The molecule has 20 heavy (non-hydrogen) atoms. The number of amides is 1. The number of carbonyl (C=O) groups excluding carboxylic acids is 1. The lowest BCUT2D eigenvalue weighted by atomic mass is 9.89. The molecule has 1 aromatic rings. The number of carboxylic acids is 1. The van der Waals surface area contributed by atoms with Crippen molar-refractivity contribution in [3.05, 3.63) is 29.3 Å². The van der Waals surface area contributed by atoms with Gasteiger partial charge in [0, 0.05) is 25.8 Å². The number of aryl methyl sites for hydroxylation is 1. The third kappa shape index (κ3) is 2.48. The Morgan fingerprint density at radius 1 is 1.40 bits per heavy atom. The van der Waals surface area contributed by atoms with Gasteiger partial charge in [0.05, 0.1) is 11.0 Å². The van der Waals surface area contributed by atoms with Crippen molar-refractivity contribution in [1.29, 1.82) is 0 Å². The van der Waals surface area contributed by atoms with Crippen molar-refractivity contribution in [3.63, 3.8) is 0 Å². The number of hydrogen-bond donors (Lipinski definition) is 2. The van der Waals surface area contributed by atoms with E-state index in [0.29, 0.717) is 12.1 Å². The fourth-order valence-corrected chi connectivity index (χ4v) is 2.75. The second-order valence-electron chi connectivity index (χ2n) is 5.62. The number of aromatic carboxylic acids is 1.